The predicted molar refractivity (Wildman–Crippen MR) is 150 cm³/mol. The molecule has 202 valence electrons. The highest BCUT2D eigenvalue weighted by Crippen LogP contribution is 2.36. The third kappa shape index (κ3) is 5.88. The highest BCUT2D eigenvalue weighted by atomic mass is 32.2. The molecular weight excluding hydrogens is 514 g/mol. The number of sulfone groups is 1. The number of likely N-dealkylation sites (tertiary alicyclic amines) is 1. The summed E-state index contributed by atoms with van der Waals surface area (Å²) in [4.78, 5) is 24.4. The molecule has 9 heteroatoms. The van der Waals surface area contributed by atoms with E-state index in [-0.39, 0.29) is 23.5 Å². The molecule has 2 aromatic heterocycles. The molecule has 1 aliphatic heterocycles. The van der Waals surface area contributed by atoms with Crippen LogP contribution in [-0.2, 0) is 21.2 Å². The van der Waals surface area contributed by atoms with Gasteiger partial charge in [0.25, 0.3) is 0 Å². The molecule has 39 heavy (non-hydrogen) atoms. The summed E-state index contributed by atoms with van der Waals surface area (Å²) in [6, 6.07) is 20.6. The van der Waals surface area contributed by atoms with E-state index >= 15 is 0 Å². The van der Waals surface area contributed by atoms with Crippen molar-refractivity contribution in [3.8, 4) is 17.0 Å². The SMILES string of the molecule is COc1cc(S(C)(=O)=O)cc(C)c1-c1ccc2ccc(C3CCCN(C(=O)OCc4ccccc4)C3)nc2n1. The monoisotopic (exact) mass is 545 g/mol. The fraction of sp³-hybridized carbons (Fsp3) is 0.300. The average molecular weight is 546 g/mol. The molecule has 0 radical (unpaired) electrons. The molecule has 8 nitrogen and oxygen atoms in total. The summed E-state index contributed by atoms with van der Waals surface area (Å²) in [6.07, 6.45) is 2.64. The maximum Gasteiger partial charge on any atom is 0.410 e. The summed E-state index contributed by atoms with van der Waals surface area (Å²) in [7, 11) is -1.87. The number of carbonyl (C=O) groups excluding carboxylic acids is 1. The first-order chi connectivity index (χ1) is 18.7. The fourth-order valence-electron chi connectivity index (χ4n) is 5.00. The van der Waals surface area contributed by atoms with E-state index in [1.807, 2.05) is 61.5 Å². The molecule has 1 saturated heterocycles. The zero-order valence-corrected chi connectivity index (χ0v) is 23.1. The fourth-order valence-corrected chi connectivity index (χ4v) is 5.71. The van der Waals surface area contributed by atoms with Gasteiger partial charge in [-0.25, -0.2) is 23.2 Å². The minimum atomic E-state index is -3.39. The van der Waals surface area contributed by atoms with Crippen LogP contribution in [0.3, 0.4) is 0 Å². The van der Waals surface area contributed by atoms with Crippen molar-refractivity contribution in [3.63, 3.8) is 0 Å². The number of piperidine rings is 1. The number of hydrogen-bond acceptors (Lipinski definition) is 7. The molecule has 5 rings (SSSR count). The first-order valence-electron chi connectivity index (χ1n) is 12.9. The van der Waals surface area contributed by atoms with Crippen LogP contribution in [0, 0.1) is 6.92 Å². The minimum absolute atomic E-state index is 0.0724. The summed E-state index contributed by atoms with van der Waals surface area (Å²) >= 11 is 0. The lowest BCUT2D eigenvalue weighted by atomic mass is 9.94. The summed E-state index contributed by atoms with van der Waals surface area (Å²) in [5.74, 6) is 0.513. The summed E-state index contributed by atoms with van der Waals surface area (Å²) in [5, 5.41) is 0.891. The predicted octanol–water partition coefficient (Wildman–Crippen LogP) is 5.53. The van der Waals surface area contributed by atoms with Gasteiger partial charge in [0.15, 0.2) is 15.5 Å². The number of ether oxygens (including phenoxy) is 2. The number of methoxy groups -OCH3 is 1. The van der Waals surface area contributed by atoms with E-state index in [1.165, 1.54) is 19.4 Å². The highest BCUT2D eigenvalue weighted by Gasteiger charge is 2.27. The van der Waals surface area contributed by atoms with Crippen molar-refractivity contribution in [1.29, 1.82) is 0 Å². The Balaban J connectivity index is 1.39. The van der Waals surface area contributed by atoms with Gasteiger partial charge in [-0.1, -0.05) is 30.3 Å². The van der Waals surface area contributed by atoms with E-state index < -0.39 is 9.84 Å². The van der Waals surface area contributed by atoms with Crippen molar-refractivity contribution in [2.45, 2.75) is 37.2 Å². The number of benzene rings is 2. The Bertz CT molecular complexity index is 1620. The van der Waals surface area contributed by atoms with Gasteiger partial charge >= 0.3 is 6.09 Å². The zero-order valence-electron chi connectivity index (χ0n) is 22.3. The van der Waals surface area contributed by atoms with E-state index in [4.69, 9.17) is 19.4 Å². The molecule has 0 spiro atoms. The van der Waals surface area contributed by atoms with Crippen molar-refractivity contribution in [3.05, 3.63) is 83.6 Å². The molecule has 3 heterocycles. The first-order valence-corrected chi connectivity index (χ1v) is 14.7. The standard InChI is InChI=1S/C30H31N3O5S/c1-20-16-24(39(3,35)36)17-27(37-2)28(20)26-14-12-22-11-13-25(31-29(22)32-26)23-10-7-15-33(18-23)30(34)38-19-21-8-5-4-6-9-21/h4-6,8-9,11-14,16-17,23H,7,10,15,18-19H2,1-3H3. The van der Waals surface area contributed by atoms with Crippen LogP contribution < -0.4 is 4.74 Å². The Morgan fingerprint density at radius 2 is 1.82 bits per heavy atom. The summed E-state index contributed by atoms with van der Waals surface area (Å²) in [5.41, 5.74) is 4.54. The smallest absolute Gasteiger partial charge is 0.410 e. The number of pyridine rings is 2. The van der Waals surface area contributed by atoms with Gasteiger partial charge in [-0.05, 0) is 67.3 Å². The van der Waals surface area contributed by atoms with E-state index in [1.54, 1.807) is 11.0 Å². The van der Waals surface area contributed by atoms with Crippen molar-refractivity contribution in [2.75, 3.05) is 26.5 Å². The number of rotatable bonds is 6. The molecule has 1 aliphatic rings. The van der Waals surface area contributed by atoms with E-state index in [2.05, 4.69) is 0 Å². The van der Waals surface area contributed by atoms with Gasteiger partial charge in [0.1, 0.15) is 12.4 Å². The number of hydrogen-bond donors (Lipinski definition) is 0. The van der Waals surface area contributed by atoms with Crippen molar-refractivity contribution in [1.82, 2.24) is 14.9 Å². The molecule has 0 aliphatic carbocycles. The molecule has 1 fully saturated rings. The van der Waals surface area contributed by atoms with Crippen LogP contribution in [0.2, 0.25) is 0 Å². The lowest BCUT2D eigenvalue weighted by Crippen LogP contribution is -2.39. The summed E-state index contributed by atoms with van der Waals surface area (Å²) < 4.78 is 35.3. The lowest BCUT2D eigenvalue weighted by Gasteiger charge is -2.31. The maximum atomic E-state index is 12.8. The normalized spacial score (nSPS) is 15.8. The quantitative estimate of drug-likeness (QED) is 0.314. The van der Waals surface area contributed by atoms with Crippen LogP contribution >= 0.6 is 0 Å². The third-order valence-electron chi connectivity index (χ3n) is 7.05. The molecule has 4 aromatic rings. The van der Waals surface area contributed by atoms with Gasteiger partial charge in [0.05, 0.1) is 17.7 Å². The van der Waals surface area contributed by atoms with Gasteiger partial charge in [-0.15, -0.1) is 0 Å². The Labute approximate surface area is 228 Å². The molecule has 1 amide bonds. The Kier molecular flexibility index (Phi) is 7.52. The Hall–Kier alpha value is -3.98. The van der Waals surface area contributed by atoms with Crippen LogP contribution in [0.25, 0.3) is 22.3 Å². The molecular formula is C30H31N3O5S. The number of aryl methyl sites for hydroxylation is 1. The second-order valence-corrected chi connectivity index (χ2v) is 11.9. The van der Waals surface area contributed by atoms with Gasteiger partial charge in [0, 0.05) is 41.9 Å². The van der Waals surface area contributed by atoms with Gasteiger partial charge in [-0.2, -0.15) is 0 Å². The number of aromatic nitrogens is 2. The van der Waals surface area contributed by atoms with Crippen molar-refractivity contribution < 1.29 is 22.7 Å². The van der Waals surface area contributed by atoms with E-state index in [0.29, 0.717) is 30.2 Å². The van der Waals surface area contributed by atoms with Gasteiger partial charge in [-0.3, -0.25) is 0 Å². The lowest BCUT2D eigenvalue weighted by molar-refractivity contribution is 0.0856. The number of amides is 1. The molecule has 0 bridgehead atoms. The van der Waals surface area contributed by atoms with Crippen LogP contribution in [0.1, 0.15) is 35.6 Å². The second-order valence-electron chi connectivity index (χ2n) is 9.89. The van der Waals surface area contributed by atoms with Crippen LogP contribution in [0.5, 0.6) is 5.75 Å². The van der Waals surface area contributed by atoms with E-state index in [9.17, 15) is 13.2 Å². The number of nitrogens with zero attached hydrogens (tertiary/aromatic N) is 3. The summed E-state index contributed by atoms with van der Waals surface area (Å²) in [6.45, 7) is 3.28. The maximum absolute atomic E-state index is 12.8. The van der Waals surface area contributed by atoms with Crippen LogP contribution in [0.4, 0.5) is 4.79 Å². The molecule has 0 N–H and O–H groups in total. The second kappa shape index (κ2) is 11.0. The average Bonchev–Trinajstić information content (AvgIpc) is 2.95. The van der Waals surface area contributed by atoms with Crippen LogP contribution in [0.15, 0.2) is 71.6 Å². The number of carbonyl (C=O) groups is 1. The van der Waals surface area contributed by atoms with Crippen molar-refractivity contribution >= 4 is 27.0 Å². The van der Waals surface area contributed by atoms with Gasteiger partial charge < -0.3 is 14.4 Å². The number of fused-ring (bicyclic) bond motifs is 1. The Morgan fingerprint density at radius 1 is 1.05 bits per heavy atom. The Morgan fingerprint density at radius 3 is 2.56 bits per heavy atom. The first kappa shape index (κ1) is 26.6. The molecule has 1 unspecified atom stereocenters. The molecule has 1 atom stereocenters. The van der Waals surface area contributed by atoms with Gasteiger partial charge in [0.2, 0.25) is 0 Å². The highest BCUT2D eigenvalue weighted by molar-refractivity contribution is 7.90. The van der Waals surface area contributed by atoms with Crippen molar-refractivity contribution in [2.24, 2.45) is 0 Å². The molecule has 2 aromatic carbocycles. The largest absolute Gasteiger partial charge is 0.496 e. The molecule has 0 saturated carbocycles. The minimum Gasteiger partial charge on any atom is -0.496 e. The van der Waals surface area contributed by atoms with Crippen LogP contribution in [-0.4, -0.2) is 55.8 Å². The third-order valence-corrected chi connectivity index (χ3v) is 8.15. The topological polar surface area (TPSA) is 98.7 Å². The van der Waals surface area contributed by atoms with E-state index in [0.717, 1.165) is 40.6 Å². The zero-order chi connectivity index (χ0) is 27.6.